The summed E-state index contributed by atoms with van der Waals surface area (Å²) in [5.74, 6) is 0.623. The minimum atomic E-state index is -3.47. The summed E-state index contributed by atoms with van der Waals surface area (Å²) in [6.07, 6.45) is 3.96. The third-order valence-corrected chi connectivity index (χ3v) is 5.06. The molecule has 0 N–H and O–H groups in total. The van der Waals surface area contributed by atoms with E-state index in [9.17, 15) is 8.42 Å². The summed E-state index contributed by atoms with van der Waals surface area (Å²) in [7, 11) is -3.47. The first-order valence-corrected chi connectivity index (χ1v) is 8.96. The second-order valence-electron chi connectivity index (χ2n) is 4.55. The van der Waals surface area contributed by atoms with E-state index >= 15 is 0 Å². The van der Waals surface area contributed by atoms with Crippen LogP contribution in [0.5, 0.6) is 0 Å². The van der Waals surface area contributed by atoms with Crippen molar-refractivity contribution in [3.63, 3.8) is 0 Å². The van der Waals surface area contributed by atoms with Crippen molar-refractivity contribution < 1.29 is 13.2 Å². The van der Waals surface area contributed by atoms with Gasteiger partial charge in [0.15, 0.2) is 0 Å². The summed E-state index contributed by atoms with van der Waals surface area (Å²) >= 11 is 4.06. The summed E-state index contributed by atoms with van der Waals surface area (Å²) in [6, 6.07) is 8.48. The Hall–Kier alpha value is -1.04. The van der Waals surface area contributed by atoms with Gasteiger partial charge in [0.05, 0.1) is 23.0 Å². The molecule has 21 heavy (non-hydrogen) atoms. The first-order valence-electron chi connectivity index (χ1n) is 6.84. The van der Waals surface area contributed by atoms with Crippen molar-refractivity contribution in [1.29, 1.82) is 0 Å². The molecule has 0 heterocycles. The fourth-order valence-corrected chi connectivity index (χ4v) is 3.35. The van der Waals surface area contributed by atoms with Crippen LogP contribution in [-0.2, 0) is 14.6 Å². The maximum atomic E-state index is 12.7. The maximum absolute atomic E-state index is 12.7. The van der Waals surface area contributed by atoms with Crippen LogP contribution in [0.4, 0.5) is 0 Å². The lowest BCUT2D eigenvalue weighted by atomic mass is 10.2. The van der Waals surface area contributed by atoms with Gasteiger partial charge in [0.2, 0.25) is 9.84 Å². The van der Waals surface area contributed by atoms with Gasteiger partial charge in [-0.05, 0) is 32.1 Å². The lowest BCUT2D eigenvalue weighted by Gasteiger charge is -2.10. The van der Waals surface area contributed by atoms with E-state index in [-0.39, 0.29) is 0 Å². The van der Waals surface area contributed by atoms with Crippen molar-refractivity contribution in [2.24, 2.45) is 0 Å². The molecule has 5 heteroatoms. The Morgan fingerprint density at radius 3 is 2.48 bits per heavy atom. The highest BCUT2D eigenvalue weighted by Gasteiger charge is 2.20. The lowest BCUT2D eigenvalue weighted by molar-refractivity contribution is 0.154. The summed E-state index contributed by atoms with van der Waals surface area (Å²) in [5.41, 5.74) is 0.915. The van der Waals surface area contributed by atoms with E-state index in [1.54, 1.807) is 36.4 Å². The van der Waals surface area contributed by atoms with Crippen LogP contribution in [0.2, 0.25) is 0 Å². The smallest absolute Gasteiger partial charge is 0.202 e. The molecule has 0 bridgehead atoms. The van der Waals surface area contributed by atoms with Crippen LogP contribution < -0.4 is 0 Å². The molecular formula is C16H22O3S2. The van der Waals surface area contributed by atoms with Gasteiger partial charge >= 0.3 is 0 Å². The van der Waals surface area contributed by atoms with Gasteiger partial charge in [0.1, 0.15) is 0 Å². The molecule has 0 aliphatic heterocycles. The Balaban J connectivity index is 3.03. The van der Waals surface area contributed by atoms with Crippen LogP contribution in [0.3, 0.4) is 0 Å². The predicted octanol–water partition coefficient (Wildman–Crippen LogP) is 3.65. The molecule has 0 spiro atoms. The predicted molar refractivity (Wildman–Crippen MR) is 90.4 cm³/mol. The zero-order valence-corrected chi connectivity index (χ0v) is 14.2. The van der Waals surface area contributed by atoms with E-state index in [4.69, 9.17) is 4.74 Å². The SMILES string of the molecule is C/C=C(C)\C=C(/CCOCCS)S(=O)(=O)c1ccccc1. The number of allylic oxidation sites excluding steroid dienone is 3. The average molecular weight is 326 g/mol. The maximum Gasteiger partial charge on any atom is 0.202 e. The Morgan fingerprint density at radius 2 is 1.90 bits per heavy atom. The number of benzene rings is 1. The Bertz CT molecular complexity index is 587. The molecule has 0 saturated carbocycles. The molecule has 0 amide bonds. The standard InChI is InChI=1S/C16H22O3S2/c1-3-14(2)13-16(9-10-19-11-12-20)21(17,18)15-7-5-4-6-8-15/h3-8,13,20H,9-12H2,1-2H3/b14-3-,16-13+. The molecular weight excluding hydrogens is 304 g/mol. The Labute approximate surface area is 133 Å². The van der Waals surface area contributed by atoms with Gasteiger partial charge in [0.25, 0.3) is 0 Å². The molecule has 0 radical (unpaired) electrons. The van der Waals surface area contributed by atoms with Crippen molar-refractivity contribution in [3.05, 3.63) is 53.0 Å². The van der Waals surface area contributed by atoms with Gasteiger partial charge in [-0.2, -0.15) is 12.6 Å². The van der Waals surface area contributed by atoms with E-state index < -0.39 is 9.84 Å². The topological polar surface area (TPSA) is 43.4 Å². The van der Waals surface area contributed by atoms with Gasteiger partial charge in [-0.1, -0.05) is 29.8 Å². The van der Waals surface area contributed by atoms with Crippen molar-refractivity contribution in [2.75, 3.05) is 19.0 Å². The molecule has 0 saturated heterocycles. The molecule has 0 atom stereocenters. The first-order chi connectivity index (χ1) is 10.0. The molecule has 0 aliphatic rings. The molecule has 116 valence electrons. The Kier molecular flexibility index (Phi) is 7.78. The molecule has 1 rings (SSSR count). The number of rotatable bonds is 8. The monoisotopic (exact) mass is 326 g/mol. The second-order valence-corrected chi connectivity index (χ2v) is 7.00. The first kappa shape index (κ1) is 18.0. The summed E-state index contributed by atoms with van der Waals surface area (Å²) in [4.78, 5) is 0.692. The molecule has 0 aromatic heterocycles. The van der Waals surface area contributed by atoms with Crippen molar-refractivity contribution >= 4 is 22.5 Å². The van der Waals surface area contributed by atoms with E-state index in [1.807, 2.05) is 19.9 Å². The van der Waals surface area contributed by atoms with Crippen LogP contribution in [0.25, 0.3) is 0 Å². The minimum absolute atomic E-state index is 0.314. The third kappa shape index (κ3) is 5.69. The number of thiol groups is 1. The van der Waals surface area contributed by atoms with Crippen molar-refractivity contribution in [3.8, 4) is 0 Å². The van der Waals surface area contributed by atoms with Crippen LogP contribution >= 0.6 is 12.6 Å². The normalized spacial score (nSPS) is 13.5. The molecule has 0 fully saturated rings. The average Bonchev–Trinajstić information content (AvgIpc) is 2.50. The molecule has 1 aromatic rings. The summed E-state index contributed by atoms with van der Waals surface area (Å²) in [5, 5.41) is 0. The van der Waals surface area contributed by atoms with E-state index in [0.717, 1.165) is 5.57 Å². The molecule has 1 aromatic carbocycles. The number of sulfone groups is 1. The van der Waals surface area contributed by atoms with Crippen LogP contribution in [0.1, 0.15) is 20.3 Å². The van der Waals surface area contributed by atoms with E-state index in [0.29, 0.717) is 35.2 Å². The summed E-state index contributed by atoms with van der Waals surface area (Å²) < 4.78 is 30.7. The fourth-order valence-electron chi connectivity index (χ4n) is 1.71. The largest absolute Gasteiger partial charge is 0.380 e. The Morgan fingerprint density at radius 1 is 1.24 bits per heavy atom. The molecule has 3 nitrogen and oxygen atoms in total. The third-order valence-electron chi connectivity index (χ3n) is 2.97. The zero-order chi connectivity index (χ0) is 15.7. The highest BCUT2D eigenvalue weighted by atomic mass is 32.2. The quantitative estimate of drug-likeness (QED) is 0.450. The number of ether oxygens (including phenoxy) is 1. The number of hydrogen-bond acceptors (Lipinski definition) is 4. The highest BCUT2D eigenvalue weighted by Crippen LogP contribution is 2.23. The van der Waals surface area contributed by atoms with Gasteiger partial charge in [0, 0.05) is 12.2 Å². The second kappa shape index (κ2) is 9.07. The zero-order valence-electron chi connectivity index (χ0n) is 12.5. The van der Waals surface area contributed by atoms with Gasteiger partial charge in [-0.3, -0.25) is 0 Å². The molecule has 0 aliphatic carbocycles. The fraction of sp³-hybridized carbons (Fsp3) is 0.375. The molecule has 0 unspecified atom stereocenters. The van der Waals surface area contributed by atoms with Crippen molar-refractivity contribution in [1.82, 2.24) is 0 Å². The van der Waals surface area contributed by atoms with Crippen molar-refractivity contribution in [2.45, 2.75) is 25.2 Å². The number of hydrogen-bond donors (Lipinski definition) is 1. The van der Waals surface area contributed by atoms with Gasteiger partial charge < -0.3 is 4.74 Å². The van der Waals surface area contributed by atoms with E-state index in [1.165, 1.54) is 0 Å². The van der Waals surface area contributed by atoms with Gasteiger partial charge in [-0.25, -0.2) is 8.42 Å². The van der Waals surface area contributed by atoms with Crippen LogP contribution in [0, 0.1) is 0 Å². The summed E-state index contributed by atoms with van der Waals surface area (Å²) in [6.45, 7) is 4.66. The highest BCUT2D eigenvalue weighted by molar-refractivity contribution is 7.95. The minimum Gasteiger partial charge on any atom is -0.380 e. The lowest BCUT2D eigenvalue weighted by Crippen LogP contribution is -2.09. The van der Waals surface area contributed by atoms with Gasteiger partial charge in [-0.15, -0.1) is 0 Å². The van der Waals surface area contributed by atoms with Crippen LogP contribution in [-0.4, -0.2) is 27.4 Å². The van der Waals surface area contributed by atoms with Crippen LogP contribution in [0.15, 0.2) is 57.9 Å². The van der Waals surface area contributed by atoms with E-state index in [2.05, 4.69) is 12.6 Å².